The van der Waals surface area contributed by atoms with Gasteiger partial charge in [0.2, 0.25) is 5.82 Å². The minimum atomic E-state index is -4.55. The summed E-state index contributed by atoms with van der Waals surface area (Å²) in [5, 5.41) is 12.9. The van der Waals surface area contributed by atoms with Gasteiger partial charge in [-0.1, -0.05) is 28.9 Å². The van der Waals surface area contributed by atoms with Gasteiger partial charge in [0, 0.05) is 18.0 Å². The standard InChI is InChI=1S/C21H14ClF3N4O3/c1-9-4-10(2-3-12(9)13-6-14(13)20(30)31)17-27-19(32-28-17)16-8-29-7-11(21(23,24)25)5-15(22)18(29)26-16/h2-5,7-8,13-14H,6H2,1H3,(H,30,31). The van der Waals surface area contributed by atoms with Gasteiger partial charge in [-0.25, -0.2) is 4.98 Å². The number of fused-ring (bicyclic) bond motifs is 1. The highest BCUT2D eigenvalue weighted by molar-refractivity contribution is 6.33. The first-order valence-corrected chi connectivity index (χ1v) is 9.93. The molecule has 164 valence electrons. The summed E-state index contributed by atoms with van der Waals surface area (Å²) < 4.78 is 45.5. The van der Waals surface area contributed by atoms with Gasteiger partial charge in [0.1, 0.15) is 5.69 Å². The van der Waals surface area contributed by atoms with Crippen LogP contribution in [0.15, 0.2) is 41.2 Å². The van der Waals surface area contributed by atoms with Crippen molar-refractivity contribution in [2.75, 3.05) is 0 Å². The number of aromatic nitrogens is 4. The Balaban J connectivity index is 1.45. The van der Waals surface area contributed by atoms with Crippen molar-refractivity contribution < 1.29 is 27.6 Å². The Bertz CT molecular complexity index is 1380. The van der Waals surface area contributed by atoms with Crippen LogP contribution in [0.2, 0.25) is 5.02 Å². The van der Waals surface area contributed by atoms with E-state index >= 15 is 0 Å². The van der Waals surface area contributed by atoms with Gasteiger partial charge in [0.15, 0.2) is 5.65 Å². The van der Waals surface area contributed by atoms with E-state index in [1.54, 1.807) is 6.07 Å². The number of hydrogen-bond acceptors (Lipinski definition) is 5. The molecule has 1 saturated carbocycles. The lowest BCUT2D eigenvalue weighted by Gasteiger charge is -2.07. The fourth-order valence-electron chi connectivity index (χ4n) is 3.80. The molecular formula is C21H14ClF3N4O3. The Hall–Kier alpha value is -3.40. The average Bonchev–Trinajstić information content (AvgIpc) is 3.16. The summed E-state index contributed by atoms with van der Waals surface area (Å²) in [6, 6.07) is 6.30. The summed E-state index contributed by atoms with van der Waals surface area (Å²) in [4.78, 5) is 19.7. The van der Waals surface area contributed by atoms with Gasteiger partial charge in [0.05, 0.1) is 16.5 Å². The van der Waals surface area contributed by atoms with Gasteiger partial charge in [0.25, 0.3) is 5.89 Å². The zero-order chi connectivity index (χ0) is 22.8. The van der Waals surface area contributed by atoms with Crippen molar-refractivity contribution >= 4 is 23.2 Å². The van der Waals surface area contributed by atoms with E-state index in [-0.39, 0.29) is 39.9 Å². The Morgan fingerprint density at radius 2 is 2.03 bits per heavy atom. The number of carbonyl (C=O) groups is 1. The predicted molar refractivity (Wildman–Crippen MR) is 107 cm³/mol. The monoisotopic (exact) mass is 462 g/mol. The lowest BCUT2D eigenvalue weighted by atomic mass is 10.00. The first kappa shape index (κ1) is 20.5. The molecule has 0 radical (unpaired) electrons. The minimum Gasteiger partial charge on any atom is -0.481 e. The van der Waals surface area contributed by atoms with Gasteiger partial charge in [-0.05, 0) is 42.5 Å². The smallest absolute Gasteiger partial charge is 0.417 e. The number of pyridine rings is 1. The van der Waals surface area contributed by atoms with E-state index in [9.17, 15) is 18.0 Å². The minimum absolute atomic E-state index is 0.00619. The van der Waals surface area contributed by atoms with Crippen LogP contribution in [-0.4, -0.2) is 30.6 Å². The molecule has 1 aromatic carbocycles. The van der Waals surface area contributed by atoms with Crippen molar-refractivity contribution in [3.63, 3.8) is 0 Å². The van der Waals surface area contributed by atoms with E-state index in [4.69, 9.17) is 21.2 Å². The van der Waals surface area contributed by atoms with E-state index in [2.05, 4.69) is 15.1 Å². The van der Waals surface area contributed by atoms with Crippen LogP contribution in [0.3, 0.4) is 0 Å². The second kappa shape index (κ2) is 7.06. The molecule has 1 aliphatic rings. The molecule has 0 saturated heterocycles. The summed E-state index contributed by atoms with van der Waals surface area (Å²) in [7, 11) is 0. The maximum Gasteiger partial charge on any atom is 0.417 e. The van der Waals surface area contributed by atoms with Crippen LogP contribution in [0.25, 0.3) is 28.6 Å². The van der Waals surface area contributed by atoms with Crippen LogP contribution < -0.4 is 0 Å². The van der Waals surface area contributed by atoms with E-state index < -0.39 is 17.7 Å². The molecule has 1 N–H and O–H groups in total. The molecule has 5 rings (SSSR count). The molecule has 3 heterocycles. The molecule has 7 nitrogen and oxygen atoms in total. The van der Waals surface area contributed by atoms with Gasteiger partial charge in [-0.15, -0.1) is 0 Å². The molecule has 11 heteroatoms. The van der Waals surface area contributed by atoms with E-state index in [0.717, 1.165) is 27.8 Å². The summed E-state index contributed by atoms with van der Waals surface area (Å²) in [6.45, 7) is 1.89. The maximum absolute atomic E-state index is 13.0. The third kappa shape index (κ3) is 3.50. The van der Waals surface area contributed by atoms with Crippen molar-refractivity contribution in [2.45, 2.75) is 25.4 Å². The second-order valence-electron chi connectivity index (χ2n) is 7.71. The maximum atomic E-state index is 13.0. The van der Waals surface area contributed by atoms with Crippen molar-refractivity contribution in [1.29, 1.82) is 0 Å². The predicted octanol–water partition coefficient (Wildman–Crippen LogP) is 5.22. The largest absolute Gasteiger partial charge is 0.481 e. The Morgan fingerprint density at radius 3 is 2.69 bits per heavy atom. The Morgan fingerprint density at radius 1 is 1.25 bits per heavy atom. The molecule has 0 amide bonds. The molecule has 2 unspecified atom stereocenters. The number of hydrogen-bond donors (Lipinski definition) is 1. The lowest BCUT2D eigenvalue weighted by Crippen LogP contribution is -2.06. The number of aliphatic carboxylic acids is 1. The fraction of sp³-hybridized carbons (Fsp3) is 0.238. The molecule has 1 fully saturated rings. The fourth-order valence-corrected chi connectivity index (χ4v) is 4.06. The number of rotatable bonds is 4. The average molecular weight is 463 g/mol. The van der Waals surface area contributed by atoms with Crippen molar-refractivity contribution in [3.8, 4) is 23.0 Å². The quantitative estimate of drug-likeness (QED) is 0.447. The molecular weight excluding hydrogens is 449 g/mol. The number of benzene rings is 1. The Kier molecular flexibility index (Phi) is 4.52. The molecule has 1 aliphatic carbocycles. The number of halogens is 4. The van der Waals surface area contributed by atoms with Crippen LogP contribution in [-0.2, 0) is 11.0 Å². The van der Waals surface area contributed by atoms with Gasteiger partial charge in [-0.2, -0.15) is 18.2 Å². The topological polar surface area (TPSA) is 93.5 Å². The molecule has 0 bridgehead atoms. The number of carboxylic acids is 1. The molecule has 0 aliphatic heterocycles. The van der Waals surface area contributed by atoms with Gasteiger partial charge in [-0.3, -0.25) is 4.79 Å². The van der Waals surface area contributed by atoms with E-state index in [1.807, 2.05) is 19.1 Å². The van der Waals surface area contributed by atoms with Gasteiger partial charge < -0.3 is 14.0 Å². The van der Waals surface area contributed by atoms with Crippen LogP contribution >= 0.6 is 11.6 Å². The molecule has 2 atom stereocenters. The van der Waals surface area contributed by atoms with Crippen LogP contribution in [0, 0.1) is 12.8 Å². The van der Waals surface area contributed by atoms with Crippen molar-refractivity contribution in [3.05, 3.63) is 58.4 Å². The third-order valence-electron chi connectivity index (χ3n) is 5.51. The summed E-state index contributed by atoms with van der Waals surface area (Å²) in [5.74, 6) is -0.832. The zero-order valence-corrected chi connectivity index (χ0v) is 17.1. The third-order valence-corrected chi connectivity index (χ3v) is 5.79. The number of carboxylic acid groups (broad SMARTS) is 1. The highest BCUT2D eigenvalue weighted by Crippen LogP contribution is 2.49. The van der Waals surface area contributed by atoms with Crippen LogP contribution in [0.5, 0.6) is 0 Å². The molecule has 32 heavy (non-hydrogen) atoms. The summed E-state index contributed by atoms with van der Waals surface area (Å²) in [6.07, 6.45) is -1.70. The van der Waals surface area contributed by atoms with E-state index in [0.29, 0.717) is 12.0 Å². The SMILES string of the molecule is Cc1cc(-c2noc(-c3cn4cc(C(F)(F)F)cc(Cl)c4n3)n2)ccc1C1CC1C(=O)O. The van der Waals surface area contributed by atoms with Crippen LogP contribution in [0.1, 0.15) is 29.0 Å². The molecule has 3 aromatic heterocycles. The van der Waals surface area contributed by atoms with Crippen molar-refractivity contribution in [2.24, 2.45) is 5.92 Å². The van der Waals surface area contributed by atoms with E-state index in [1.165, 1.54) is 6.20 Å². The second-order valence-corrected chi connectivity index (χ2v) is 8.12. The Labute approximate surface area is 183 Å². The zero-order valence-electron chi connectivity index (χ0n) is 16.4. The first-order valence-electron chi connectivity index (χ1n) is 9.55. The number of aryl methyl sites for hydroxylation is 1. The normalized spacial score (nSPS) is 18.3. The number of alkyl halides is 3. The molecule has 0 spiro atoms. The highest BCUT2D eigenvalue weighted by atomic mass is 35.5. The van der Waals surface area contributed by atoms with Crippen LogP contribution in [0.4, 0.5) is 13.2 Å². The highest BCUT2D eigenvalue weighted by Gasteiger charge is 2.44. The first-order chi connectivity index (χ1) is 15.1. The van der Waals surface area contributed by atoms with Crippen molar-refractivity contribution in [1.82, 2.24) is 19.5 Å². The summed E-state index contributed by atoms with van der Waals surface area (Å²) >= 11 is 5.98. The summed E-state index contributed by atoms with van der Waals surface area (Å²) in [5.41, 5.74) is 1.96. The lowest BCUT2D eigenvalue weighted by molar-refractivity contribution is -0.139. The number of imidazole rings is 1. The number of nitrogens with zero attached hydrogens (tertiary/aromatic N) is 4. The van der Waals surface area contributed by atoms with Gasteiger partial charge >= 0.3 is 12.1 Å². The molecule has 4 aromatic rings.